The molecular weight excluding hydrogens is 696 g/mol. The van der Waals surface area contributed by atoms with Crippen molar-refractivity contribution < 1.29 is 51.9 Å². The van der Waals surface area contributed by atoms with Gasteiger partial charge in [-0.25, -0.2) is 32.3 Å². The van der Waals surface area contributed by atoms with E-state index in [1.54, 1.807) is 33.8 Å². The minimum Gasteiger partial charge on any atom is -0.471 e. The Hall–Kier alpha value is -4.30. The molecule has 51 heavy (non-hydrogen) atoms. The van der Waals surface area contributed by atoms with Crippen LogP contribution in [0.1, 0.15) is 62.2 Å². The van der Waals surface area contributed by atoms with Gasteiger partial charge in [-0.3, -0.25) is 0 Å². The van der Waals surface area contributed by atoms with Crippen molar-refractivity contribution in [3.05, 3.63) is 93.8 Å². The van der Waals surface area contributed by atoms with Crippen LogP contribution in [0.5, 0.6) is 11.8 Å². The van der Waals surface area contributed by atoms with E-state index in [0.717, 1.165) is 18.2 Å². The molecule has 274 valence electrons. The van der Waals surface area contributed by atoms with Gasteiger partial charge < -0.3 is 29.5 Å². The number of halogens is 5. The zero-order valence-electron chi connectivity index (χ0n) is 28.4. The Morgan fingerprint density at radius 2 is 1.25 bits per heavy atom. The van der Waals surface area contributed by atoms with Crippen molar-refractivity contribution in [1.82, 2.24) is 9.97 Å². The standard InChI is InChI=1S/C19H19F2NO4.C16H14ClF2NO2.C2H6O/c1-3-25-19(24)16-9-14(12-5-4-11(20)8-15(12)21)13-6-7-17(10(2)23)26-18(13)22-16;1-8(21)14-5-4-11-12(7-15(17)20-16(11)22-14)10-3-2-9(18)6-13(10)19;1-2-3/h4-5,8-10,17,23H,3,6-7H2,1-2H3;2-3,6-8,14,21H,4-5H2,1H3;3H,2H2,1H3. The number of hydrogen-bond donors (Lipinski definition) is 3. The van der Waals surface area contributed by atoms with E-state index in [4.69, 9.17) is 30.9 Å². The highest BCUT2D eigenvalue weighted by molar-refractivity contribution is 6.29. The van der Waals surface area contributed by atoms with Crippen LogP contribution in [0.15, 0.2) is 48.5 Å². The number of esters is 1. The molecule has 3 N–H and O–H groups in total. The molecule has 4 unspecified atom stereocenters. The Labute approximate surface area is 297 Å². The summed E-state index contributed by atoms with van der Waals surface area (Å²) in [4.78, 5) is 20.4. The predicted octanol–water partition coefficient (Wildman–Crippen LogP) is 7.03. The Morgan fingerprint density at radius 1 is 0.804 bits per heavy atom. The van der Waals surface area contributed by atoms with Gasteiger partial charge >= 0.3 is 5.97 Å². The average Bonchev–Trinajstić information content (AvgIpc) is 3.07. The summed E-state index contributed by atoms with van der Waals surface area (Å²) in [5.74, 6) is -2.95. The van der Waals surface area contributed by atoms with Crippen molar-refractivity contribution in [2.45, 2.75) is 77.8 Å². The minimum atomic E-state index is -0.745. The highest BCUT2D eigenvalue weighted by atomic mass is 35.5. The number of nitrogens with zero attached hydrogens (tertiary/aromatic N) is 2. The maximum Gasteiger partial charge on any atom is 0.357 e. The van der Waals surface area contributed by atoms with E-state index in [1.165, 1.54) is 24.3 Å². The number of carbonyl (C=O) groups excluding carboxylic acids is 1. The predicted molar refractivity (Wildman–Crippen MR) is 182 cm³/mol. The molecule has 14 heteroatoms. The molecule has 9 nitrogen and oxygen atoms in total. The van der Waals surface area contributed by atoms with Crippen molar-refractivity contribution in [2.24, 2.45) is 0 Å². The number of fused-ring (bicyclic) bond motifs is 2. The second-order valence-corrected chi connectivity index (χ2v) is 12.2. The molecule has 6 rings (SSSR count). The highest BCUT2D eigenvalue weighted by Crippen LogP contribution is 2.39. The summed E-state index contributed by atoms with van der Waals surface area (Å²) in [7, 11) is 0. The molecule has 0 bridgehead atoms. The second kappa shape index (κ2) is 17.8. The lowest BCUT2D eigenvalue weighted by Crippen LogP contribution is -2.33. The number of ether oxygens (including phenoxy) is 3. The summed E-state index contributed by atoms with van der Waals surface area (Å²) in [5, 5.41) is 27.2. The molecule has 0 saturated carbocycles. The molecule has 2 aliphatic heterocycles. The van der Waals surface area contributed by atoms with Gasteiger partial charge in [0.05, 0.1) is 18.8 Å². The van der Waals surface area contributed by atoms with Crippen LogP contribution in [0.25, 0.3) is 22.3 Å². The fraction of sp³-hybridized carbons (Fsp3) is 0.378. The van der Waals surface area contributed by atoms with Gasteiger partial charge in [-0.15, -0.1) is 0 Å². The van der Waals surface area contributed by atoms with Crippen LogP contribution >= 0.6 is 11.6 Å². The van der Waals surface area contributed by atoms with Crippen LogP contribution in [0.2, 0.25) is 5.15 Å². The lowest BCUT2D eigenvalue weighted by molar-refractivity contribution is 0.0317. The smallest absolute Gasteiger partial charge is 0.357 e. The van der Waals surface area contributed by atoms with Gasteiger partial charge in [-0.05, 0) is 101 Å². The molecule has 0 radical (unpaired) electrons. The third-order valence-corrected chi connectivity index (χ3v) is 8.22. The first-order valence-electron chi connectivity index (χ1n) is 16.4. The Balaban J connectivity index is 0.000000215. The maximum absolute atomic E-state index is 14.3. The second-order valence-electron chi connectivity index (χ2n) is 11.8. The zero-order chi connectivity index (χ0) is 37.4. The van der Waals surface area contributed by atoms with E-state index in [2.05, 4.69) is 9.97 Å². The molecule has 0 amide bonds. The summed E-state index contributed by atoms with van der Waals surface area (Å²) < 4.78 is 71.1. The SMILES string of the molecule is CC(O)C1CCc2c(-c3ccc(F)cc3F)cc(Cl)nc2O1.CCO.CCOC(=O)c1cc(-c2ccc(F)cc2F)c2c(n1)OC(C(C)O)CC2. The number of rotatable bonds is 6. The molecule has 2 aromatic heterocycles. The number of pyridine rings is 2. The third kappa shape index (κ3) is 9.73. The molecular formula is C37H39ClF4N2O7. The van der Waals surface area contributed by atoms with Crippen molar-refractivity contribution in [2.75, 3.05) is 13.2 Å². The van der Waals surface area contributed by atoms with Gasteiger partial charge in [0.25, 0.3) is 0 Å². The number of carbonyl (C=O) groups is 1. The minimum absolute atomic E-state index is 0.0319. The third-order valence-electron chi connectivity index (χ3n) is 8.03. The fourth-order valence-corrected chi connectivity index (χ4v) is 5.79. The fourth-order valence-electron chi connectivity index (χ4n) is 5.61. The summed E-state index contributed by atoms with van der Waals surface area (Å²) in [6.45, 7) is 7.00. The Morgan fingerprint density at radius 3 is 1.69 bits per heavy atom. The number of hydrogen-bond acceptors (Lipinski definition) is 9. The van der Waals surface area contributed by atoms with Crippen molar-refractivity contribution >= 4 is 17.6 Å². The summed E-state index contributed by atoms with van der Waals surface area (Å²) in [6.07, 6.45) is -0.0519. The summed E-state index contributed by atoms with van der Waals surface area (Å²) >= 11 is 5.99. The molecule has 4 aromatic rings. The molecule has 0 spiro atoms. The molecule has 4 atom stereocenters. The molecule has 0 aliphatic carbocycles. The largest absolute Gasteiger partial charge is 0.471 e. The number of aromatic nitrogens is 2. The van der Waals surface area contributed by atoms with Gasteiger partial charge in [0.1, 0.15) is 40.6 Å². The van der Waals surface area contributed by atoms with Crippen LogP contribution in [0.4, 0.5) is 17.6 Å². The van der Waals surface area contributed by atoms with E-state index in [1.807, 2.05) is 0 Å². The van der Waals surface area contributed by atoms with Crippen LogP contribution in [-0.2, 0) is 17.6 Å². The molecule has 2 aromatic carbocycles. The summed E-state index contributed by atoms with van der Waals surface area (Å²) in [6, 6.07) is 9.63. The van der Waals surface area contributed by atoms with Crippen molar-refractivity contribution in [1.29, 1.82) is 0 Å². The van der Waals surface area contributed by atoms with E-state index >= 15 is 0 Å². The average molecular weight is 735 g/mol. The van der Waals surface area contributed by atoms with Crippen LogP contribution in [0, 0.1) is 23.3 Å². The Bertz CT molecular complexity index is 1840. The first kappa shape index (κ1) is 39.5. The van der Waals surface area contributed by atoms with Gasteiger partial charge in [-0.1, -0.05) is 11.6 Å². The lowest BCUT2D eigenvalue weighted by atomic mass is 9.93. The van der Waals surface area contributed by atoms with Crippen LogP contribution in [-0.4, -0.2) is 68.9 Å². The van der Waals surface area contributed by atoms with E-state index in [-0.39, 0.29) is 47.2 Å². The lowest BCUT2D eigenvalue weighted by Gasteiger charge is -2.29. The van der Waals surface area contributed by atoms with Crippen molar-refractivity contribution in [3.8, 4) is 34.0 Å². The zero-order valence-corrected chi connectivity index (χ0v) is 29.2. The van der Waals surface area contributed by atoms with Gasteiger partial charge in [0.15, 0.2) is 5.69 Å². The van der Waals surface area contributed by atoms with Crippen LogP contribution < -0.4 is 9.47 Å². The first-order chi connectivity index (χ1) is 24.3. The van der Waals surface area contributed by atoms with Crippen LogP contribution in [0.3, 0.4) is 0 Å². The number of aliphatic hydroxyl groups excluding tert-OH is 3. The first-order valence-corrected chi connectivity index (χ1v) is 16.8. The highest BCUT2D eigenvalue weighted by Gasteiger charge is 2.30. The monoisotopic (exact) mass is 734 g/mol. The maximum atomic E-state index is 14.3. The topological polar surface area (TPSA) is 131 Å². The van der Waals surface area contributed by atoms with Gasteiger partial charge in [0.2, 0.25) is 11.8 Å². The van der Waals surface area contributed by atoms with E-state index in [9.17, 15) is 32.6 Å². The summed E-state index contributed by atoms with van der Waals surface area (Å²) in [5.41, 5.74) is 2.63. The Kier molecular flexibility index (Phi) is 13.8. The van der Waals surface area contributed by atoms with Gasteiger partial charge in [0, 0.05) is 41.0 Å². The molecule has 0 saturated heterocycles. The van der Waals surface area contributed by atoms with E-state index < -0.39 is 47.6 Å². The molecule has 0 fully saturated rings. The van der Waals surface area contributed by atoms with Gasteiger partial charge in [-0.2, -0.15) is 0 Å². The van der Waals surface area contributed by atoms with Crippen molar-refractivity contribution in [3.63, 3.8) is 0 Å². The normalized spacial score (nSPS) is 17.1. The molecule has 4 heterocycles. The number of benzene rings is 2. The number of aliphatic hydroxyl groups is 3. The molecule has 2 aliphatic rings. The quantitative estimate of drug-likeness (QED) is 0.109. The van der Waals surface area contributed by atoms with E-state index in [0.29, 0.717) is 53.8 Å².